The Hall–Kier alpha value is -3.92. The summed E-state index contributed by atoms with van der Waals surface area (Å²) in [4.78, 5) is 9.31. The van der Waals surface area contributed by atoms with E-state index in [0.29, 0.717) is 0 Å². The fourth-order valence-electron chi connectivity index (χ4n) is 4.03. The molecule has 0 saturated carbocycles. The number of hydrogen-bond acceptors (Lipinski definition) is 4. The van der Waals surface area contributed by atoms with E-state index in [1.165, 1.54) is 16.7 Å². The van der Waals surface area contributed by atoms with Gasteiger partial charge in [0.15, 0.2) is 0 Å². The molecular weight excluding hydrogens is 394 g/mol. The molecule has 1 N–H and O–H groups in total. The fraction of sp³-hybridized carbons (Fsp3) is 0.143. The Balaban J connectivity index is 1.43. The van der Waals surface area contributed by atoms with Gasteiger partial charge in [-0.25, -0.2) is 9.97 Å². The lowest BCUT2D eigenvalue weighted by molar-refractivity contribution is 0.613. The van der Waals surface area contributed by atoms with Crippen LogP contribution in [-0.2, 0) is 0 Å². The molecule has 5 rings (SSSR count). The van der Waals surface area contributed by atoms with Gasteiger partial charge in [-0.15, -0.1) is 0 Å². The molecule has 32 heavy (non-hydrogen) atoms. The minimum absolute atomic E-state index is 0.0967. The van der Waals surface area contributed by atoms with E-state index in [-0.39, 0.29) is 6.04 Å². The van der Waals surface area contributed by atoms with E-state index >= 15 is 0 Å². The number of benzene rings is 3. The molecule has 0 spiro atoms. The number of rotatable bonds is 5. The van der Waals surface area contributed by atoms with Crippen LogP contribution >= 0.6 is 0 Å². The van der Waals surface area contributed by atoms with Gasteiger partial charge in [0.05, 0.1) is 12.0 Å². The Labute approximate surface area is 188 Å². The van der Waals surface area contributed by atoms with Crippen molar-refractivity contribution in [3.63, 3.8) is 0 Å². The summed E-state index contributed by atoms with van der Waals surface area (Å²) in [7, 11) is 0. The predicted octanol–water partition coefficient (Wildman–Crippen LogP) is 7.35. The van der Waals surface area contributed by atoms with Crippen LogP contribution in [0.25, 0.3) is 33.4 Å². The Morgan fingerprint density at radius 3 is 2.44 bits per heavy atom. The number of furan rings is 1. The van der Waals surface area contributed by atoms with E-state index in [9.17, 15) is 0 Å². The number of anilines is 1. The van der Waals surface area contributed by atoms with Crippen LogP contribution in [0.2, 0.25) is 0 Å². The van der Waals surface area contributed by atoms with E-state index < -0.39 is 0 Å². The molecule has 4 heteroatoms. The second-order valence-corrected chi connectivity index (χ2v) is 8.17. The summed E-state index contributed by atoms with van der Waals surface area (Å²) in [5.74, 6) is 1.55. The molecule has 0 saturated heterocycles. The predicted molar refractivity (Wildman–Crippen MR) is 131 cm³/mol. The van der Waals surface area contributed by atoms with Crippen molar-refractivity contribution in [1.82, 2.24) is 9.97 Å². The highest BCUT2D eigenvalue weighted by molar-refractivity contribution is 5.85. The van der Waals surface area contributed by atoms with Crippen LogP contribution in [0.4, 0.5) is 5.82 Å². The van der Waals surface area contributed by atoms with Gasteiger partial charge in [0, 0.05) is 23.1 Å². The summed E-state index contributed by atoms with van der Waals surface area (Å²) in [5, 5.41) is 4.67. The first-order valence-electron chi connectivity index (χ1n) is 10.8. The van der Waals surface area contributed by atoms with Crippen LogP contribution in [0.5, 0.6) is 0 Å². The third kappa shape index (κ3) is 4.00. The van der Waals surface area contributed by atoms with Crippen molar-refractivity contribution in [2.45, 2.75) is 26.8 Å². The zero-order valence-corrected chi connectivity index (χ0v) is 18.5. The number of aryl methyl sites for hydroxylation is 2. The van der Waals surface area contributed by atoms with Gasteiger partial charge in [-0.05, 0) is 67.3 Å². The fourth-order valence-corrected chi connectivity index (χ4v) is 4.03. The Morgan fingerprint density at radius 2 is 1.59 bits per heavy atom. The first kappa shape index (κ1) is 20.0. The third-order valence-electron chi connectivity index (χ3n) is 5.76. The number of nitrogens with one attached hydrogen (secondary N) is 1. The lowest BCUT2D eigenvalue weighted by Crippen LogP contribution is -2.09. The molecule has 0 radical (unpaired) electrons. The third-order valence-corrected chi connectivity index (χ3v) is 5.76. The van der Waals surface area contributed by atoms with Gasteiger partial charge in [0.25, 0.3) is 0 Å². The second kappa shape index (κ2) is 8.31. The lowest BCUT2D eigenvalue weighted by atomic mass is 10.00. The summed E-state index contributed by atoms with van der Waals surface area (Å²) in [6.45, 7) is 6.14. The van der Waals surface area contributed by atoms with Crippen molar-refractivity contribution in [1.29, 1.82) is 0 Å². The smallest absolute Gasteiger partial charge is 0.134 e. The van der Waals surface area contributed by atoms with E-state index in [1.54, 1.807) is 6.26 Å². The first-order valence-corrected chi connectivity index (χ1v) is 10.8. The lowest BCUT2D eigenvalue weighted by Gasteiger charge is -2.17. The molecular formula is C28H25N3O. The van der Waals surface area contributed by atoms with Crippen molar-refractivity contribution in [3.05, 3.63) is 102 Å². The molecule has 0 aliphatic heterocycles. The molecule has 5 aromatic rings. The van der Waals surface area contributed by atoms with Gasteiger partial charge < -0.3 is 9.73 Å². The van der Waals surface area contributed by atoms with E-state index in [1.807, 2.05) is 31.2 Å². The van der Waals surface area contributed by atoms with Crippen molar-refractivity contribution in [2.75, 3.05) is 5.32 Å². The maximum atomic E-state index is 5.59. The maximum absolute atomic E-state index is 5.59. The van der Waals surface area contributed by atoms with Crippen LogP contribution in [0.3, 0.4) is 0 Å². The minimum atomic E-state index is 0.0967. The molecule has 0 aliphatic carbocycles. The topological polar surface area (TPSA) is 51.0 Å². The quantitative estimate of drug-likeness (QED) is 0.324. The van der Waals surface area contributed by atoms with Crippen LogP contribution < -0.4 is 5.32 Å². The second-order valence-electron chi connectivity index (χ2n) is 8.17. The van der Waals surface area contributed by atoms with Crippen LogP contribution in [-0.4, -0.2) is 9.97 Å². The molecule has 0 aliphatic rings. The first-order chi connectivity index (χ1) is 15.6. The van der Waals surface area contributed by atoms with Crippen LogP contribution in [0, 0.1) is 13.8 Å². The summed E-state index contributed by atoms with van der Waals surface area (Å²) in [6, 6.07) is 27.4. The van der Waals surface area contributed by atoms with Gasteiger partial charge in [-0.2, -0.15) is 0 Å². The van der Waals surface area contributed by atoms with Gasteiger partial charge in [0.1, 0.15) is 17.2 Å². The zero-order valence-electron chi connectivity index (χ0n) is 18.5. The van der Waals surface area contributed by atoms with Crippen LogP contribution in [0.15, 0.2) is 89.5 Å². The number of fused-ring (bicyclic) bond motifs is 1. The molecule has 2 aromatic heterocycles. The van der Waals surface area contributed by atoms with Crippen molar-refractivity contribution >= 4 is 16.8 Å². The molecule has 158 valence electrons. The molecule has 1 atom stereocenters. The van der Waals surface area contributed by atoms with Gasteiger partial charge in [-0.3, -0.25) is 0 Å². The monoisotopic (exact) mass is 419 g/mol. The number of hydrogen-bond donors (Lipinski definition) is 1. The van der Waals surface area contributed by atoms with Crippen molar-refractivity contribution in [3.8, 4) is 22.4 Å². The summed E-state index contributed by atoms with van der Waals surface area (Å²) in [5.41, 5.74) is 7.59. The van der Waals surface area contributed by atoms with Gasteiger partial charge in [0.2, 0.25) is 0 Å². The maximum Gasteiger partial charge on any atom is 0.134 e. The normalized spacial score (nSPS) is 12.1. The van der Waals surface area contributed by atoms with E-state index in [0.717, 1.165) is 39.4 Å². The van der Waals surface area contributed by atoms with Crippen molar-refractivity contribution in [2.24, 2.45) is 0 Å². The molecule has 3 aromatic carbocycles. The van der Waals surface area contributed by atoms with E-state index in [4.69, 9.17) is 4.42 Å². The number of nitrogens with zero attached hydrogens (tertiary/aromatic N) is 2. The summed E-state index contributed by atoms with van der Waals surface area (Å²) >= 11 is 0. The molecule has 0 amide bonds. The SMILES string of the molecule is Cc1nc(NC(C)c2cccc(-c3ccccc3)c2)cc(-c2ccc3occ(C)c3c2)n1. The Bertz CT molecular complexity index is 1390. The average molecular weight is 420 g/mol. The highest BCUT2D eigenvalue weighted by Crippen LogP contribution is 2.29. The Morgan fingerprint density at radius 1 is 0.781 bits per heavy atom. The van der Waals surface area contributed by atoms with Crippen molar-refractivity contribution < 1.29 is 4.42 Å². The Kier molecular flexibility index (Phi) is 5.20. The average Bonchev–Trinajstić information content (AvgIpc) is 3.19. The highest BCUT2D eigenvalue weighted by Gasteiger charge is 2.12. The van der Waals surface area contributed by atoms with Gasteiger partial charge >= 0.3 is 0 Å². The zero-order chi connectivity index (χ0) is 22.1. The van der Waals surface area contributed by atoms with E-state index in [2.05, 4.69) is 83.7 Å². The van der Waals surface area contributed by atoms with Gasteiger partial charge in [-0.1, -0.05) is 48.5 Å². The number of aromatic nitrogens is 2. The molecule has 4 nitrogen and oxygen atoms in total. The molecule has 2 heterocycles. The standard InChI is InChI=1S/C28H25N3O/c1-18-17-32-27-13-12-24(15-25(18)27)26-16-28(31-20(3)30-26)29-19(2)22-10-7-11-23(14-22)21-8-5-4-6-9-21/h4-17,19H,1-3H3,(H,29,30,31). The highest BCUT2D eigenvalue weighted by atomic mass is 16.3. The minimum Gasteiger partial charge on any atom is -0.464 e. The molecule has 0 bridgehead atoms. The molecule has 0 fully saturated rings. The molecule has 1 unspecified atom stereocenters. The summed E-state index contributed by atoms with van der Waals surface area (Å²) in [6.07, 6.45) is 1.79. The van der Waals surface area contributed by atoms with Crippen LogP contribution in [0.1, 0.15) is 29.9 Å². The largest absolute Gasteiger partial charge is 0.464 e. The summed E-state index contributed by atoms with van der Waals surface area (Å²) < 4.78 is 5.59.